The Kier molecular flexibility index (Phi) is 3.10. The van der Waals surface area contributed by atoms with Crippen molar-refractivity contribution in [2.24, 2.45) is 0 Å². The molecule has 1 aliphatic rings. The molecule has 0 fully saturated rings. The van der Waals surface area contributed by atoms with Crippen LogP contribution < -0.4 is 14.8 Å². The zero-order valence-electron chi connectivity index (χ0n) is 9.93. The molecule has 1 aromatic heterocycles. The van der Waals surface area contributed by atoms with E-state index in [4.69, 9.17) is 9.47 Å². The lowest BCUT2D eigenvalue weighted by molar-refractivity contribution is 0.173. The number of nitrogens with zero attached hydrogens (tertiary/aromatic N) is 1. The maximum Gasteiger partial charge on any atom is 0.231 e. The van der Waals surface area contributed by atoms with Crippen molar-refractivity contribution in [2.75, 3.05) is 6.79 Å². The van der Waals surface area contributed by atoms with Crippen LogP contribution in [0.15, 0.2) is 42.7 Å². The molecule has 1 N–H and O–H groups in total. The highest BCUT2D eigenvalue weighted by molar-refractivity contribution is 5.48. The molecule has 0 spiro atoms. The molecular formula is C14H14N2O2. The molecule has 1 aliphatic heterocycles. The Morgan fingerprint density at radius 1 is 1.06 bits per heavy atom. The van der Waals surface area contributed by atoms with Gasteiger partial charge in [0.05, 0.1) is 0 Å². The summed E-state index contributed by atoms with van der Waals surface area (Å²) in [6.45, 7) is 1.89. The topological polar surface area (TPSA) is 43.4 Å². The summed E-state index contributed by atoms with van der Waals surface area (Å²) in [5.41, 5.74) is 2.34. The summed E-state index contributed by atoms with van der Waals surface area (Å²) in [7, 11) is 0. The number of rotatable bonds is 4. The van der Waals surface area contributed by atoms with Gasteiger partial charge in [0.1, 0.15) is 0 Å². The highest BCUT2D eigenvalue weighted by Gasteiger charge is 2.16. The van der Waals surface area contributed by atoms with Crippen molar-refractivity contribution < 1.29 is 9.47 Å². The van der Waals surface area contributed by atoms with E-state index in [1.807, 2.05) is 30.3 Å². The molecule has 92 valence electrons. The Morgan fingerprint density at radius 3 is 2.83 bits per heavy atom. The van der Waals surface area contributed by atoms with Crippen LogP contribution in [0, 0.1) is 0 Å². The molecule has 0 aliphatic carbocycles. The predicted octanol–water partition coefficient (Wildman–Crippen LogP) is 2.10. The molecule has 0 amide bonds. The molecule has 0 saturated carbocycles. The minimum absolute atomic E-state index is 0.316. The summed E-state index contributed by atoms with van der Waals surface area (Å²) in [6.07, 6.45) is 3.60. The maximum absolute atomic E-state index is 5.46. The number of pyridine rings is 1. The fourth-order valence-electron chi connectivity index (χ4n) is 1.97. The molecule has 0 atom stereocenters. The lowest BCUT2D eigenvalue weighted by Gasteiger charge is -2.07. The van der Waals surface area contributed by atoms with Gasteiger partial charge in [-0.05, 0) is 23.8 Å². The van der Waals surface area contributed by atoms with Gasteiger partial charge in [-0.1, -0.05) is 12.1 Å². The summed E-state index contributed by atoms with van der Waals surface area (Å²) in [4.78, 5) is 3.99. The van der Waals surface area contributed by atoms with Crippen molar-refractivity contribution in [3.8, 4) is 11.5 Å². The summed E-state index contributed by atoms with van der Waals surface area (Å²) in [5.74, 6) is 1.69. The van der Waals surface area contributed by atoms with Gasteiger partial charge in [0.25, 0.3) is 0 Å². The number of benzene rings is 1. The summed E-state index contributed by atoms with van der Waals surface area (Å²) in [5, 5.41) is 3.38. The largest absolute Gasteiger partial charge is 0.454 e. The van der Waals surface area contributed by atoms with Crippen LogP contribution in [-0.2, 0) is 13.1 Å². The molecule has 4 heteroatoms. The number of fused-ring (bicyclic) bond motifs is 1. The van der Waals surface area contributed by atoms with E-state index in [9.17, 15) is 0 Å². The first-order valence-electron chi connectivity index (χ1n) is 5.90. The zero-order valence-corrected chi connectivity index (χ0v) is 9.93. The van der Waals surface area contributed by atoms with Gasteiger partial charge >= 0.3 is 0 Å². The third-order valence-corrected chi connectivity index (χ3v) is 2.87. The van der Waals surface area contributed by atoms with E-state index < -0.39 is 0 Å². The standard InChI is InChI=1S/C14H14N2O2/c1-2-12(14-13(3-1)17-10-18-14)9-16-8-11-4-6-15-7-5-11/h1-7,16H,8-10H2. The van der Waals surface area contributed by atoms with Crippen LogP contribution >= 0.6 is 0 Å². The molecule has 3 rings (SSSR count). The smallest absolute Gasteiger partial charge is 0.231 e. The van der Waals surface area contributed by atoms with E-state index in [2.05, 4.69) is 10.3 Å². The van der Waals surface area contributed by atoms with Crippen molar-refractivity contribution in [1.29, 1.82) is 0 Å². The van der Waals surface area contributed by atoms with Crippen molar-refractivity contribution in [3.05, 3.63) is 53.9 Å². The van der Waals surface area contributed by atoms with Crippen LogP contribution in [0.5, 0.6) is 11.5 Å². The molecule has 2 heterocycles. The molecule has 0 bridgehead atoms. The molecule has 0 unspecified atom stereocenters. The van der Waals surface area contributed by atoms with Gasteiger partial charge < -0.3 is 14.8 Å². The third kappa shape index (κ3) is 2.28. The Balaban J connectivity index is 1.63. The van der Waals surface area contributed by atoms with Crippen molar-refractivity contribution in [3.63, 3.8) is 0 Å². The first-order valence-corrected chi connectivity index (χ1v) is 5.90. The number of ether oxygens (including phenoxy) is 2. The monoisotopic (exact) mass is 242 g/mol. The van der Waals surface area contributed by atoms with E-state index in [1.54, 1.807) is 12.4 Å². The van der Waals surface area contributed by atoms with Crippen molar-refractivity contribution in [1.82, 2.24) is 10.3 Å². The number of hydrogen-bond acceptors (Lipinski definition) is 4. The Hall–Kier alpha value is -2.07. The average molecular weight is 242 g/mol. The maximum atomic E-state index is 5.46. The second kappa shape index (κ2) is 5.06. The fraction of sp³-hybridized carbons (Fsp3) is 0.214. The van der Waals surface area contributed by atoms with Crippen LogP contribution in [0.3, 0.4) is 0 Å². The minimum Gasteiger partial charge on any atom is -0.454 e. The molecule has 2 aromatic rings. The summed E-state index contributed by atoms with van der Waals surface area (Å²) < 4.78 is 10.8. The molecule has 0 saturated heterocycles. The molecule has 4 nitrogen and oxygen atoms in total. The molecular weight excluding hydrogens is 228 g/mol. The SMILES string of the molecule is c1cc(CNCc2ccncc2)c2c(c1)OCO2. The average Bonchev–Trinajstić information content (AvgIpc) is 2.89. The van der Waals surface area contributed by atoms with Crippen LogP contribution in [-0.4, -0.2) is 11.8 Å². The summed E-state index contributed by atoms with van der Waals surface area (Å²) in [6, 6.07) is 9.96. The van der Waals surface area contributed by atoms with Crippen LogP contribution in [0.2, 0.25) is 0 Å². The lowest BCUT2D eigenvalue weighted by Crippen LogP contribution is -2.13. The Labute approximate surface area is 106 Å². The molecule has 1 aromatic carbocycles. The van der Waals surface area contributed by atoms with Crippen molar-refractivity contribution >= 4 is 0 Å². The lowest BCUT2D eigenvalue weighted by atomic mass is 10.2. The van der Waals surface area contributed by atoms with Gasteiger partial charge in [-0.2, -0.15) is 0 Å². The second-order valence-electron chi connectivity index (χ2n) is 4.11. The highest BCUT2D eigenvalue weighted by atomic mass is 16.7. The van der Waals surface area contributed by atoms with Crippen LogP contribution in [0.1, 0.15) is 11.1 Å². The predicted molar refractivity (Wildman–Crippen MR) is 67.3 cm³/mol. The zero-order chi connectivity index (χ0) is 12.2. The van der Waals surface area contributed by atoms with Gasteiger partial charge in [0.15, 0.2) is 11.5 Å². The van der Waals surface area contributed by atoms with Crippen molar-refractivity contribution in [2.45, 2.75) is 13.1 Å². The molecule has 18 heavy (non-hydrogen) atoms. The second-order valence-corrected chi connectivity index (χ2v) is 4.11. The molecule has 0 radical (unpaired) electrons. The first kappa shape index (κ1) is 11.0. The van der Waals surface area contributed by atoms with Gasteiger partial charge in [-0.25, -0.2) is 0 Å². The van der Waals surface area contributed by atoms with Crippen LogP contribution in [0.4, 0.5) is 0 Å². The third-order valence-electron chi connectivity index (χ3n) is 2.87. The number of nitrogens with one attached hydrogen (secondary N) is 1. The minimum atomic E-state index is 0.316. The van der Waals surface area contributed by atoms with Gasteiger partial charge in [0, 0.05) is 31.0 Å². The van der Waals surface area contributed by atoms with Crippen LogP contribution in [0.25, 0.3) is 0 Å². The van der Waals surface area contributed by atoms with E-state index in [1.165, 1.54) is 5.56 Å². The number of para-hydroxylation sites is 1. The number of hydrogen-bond donors (Lipinski definition) is 1. The first-order chi connectivity index (χ1) is 8.93. The highest BCUT2D eigenvalue weighted by Crippen LogP contribution is 2.35. The van der Waals surface area contributed by atoms with Gasteiger partial charge in [0.2, 0.25) is 6.79 Å². The summed E-state index contributed by atoms with van der Waals surface area (Å²) >= 11 is 0. The van der Waals surface area contributed by atoms with E-state index in [0.29, 0.717) is 6.79 Å². The van der Waals surface area contributed by atoms with E-state index in [-0.39, 0.29) is 0 Å². The Morgan fingerprint density at radius 2 is 1.94 bits per heavy atom. The quantitative estimate of drug-likeness (QED) is 0.891. The van der Waals surface area contributed by atoms with Gasteiger partial charge in [-0.3, -0.25) is 4.98 Å². The van der Waals surface area contributed by atoms with Gasteiger partial charge in [-0.15, -0.1) is 0 Å². The Bertz CT molecular complexity index is 529. The fourth-order valence-corrected chi connectivity index (χ4v) is 1.97. The normalized spacial score (nSPS) is 12.7. The van der Waals surface area contributed by atoms with E-state index in [0.717, 1.165) is 30.2 Å². The number of aromatic nitrogens is 1. The van der Waals surface area contributed by atoms with E-state index >= 15 is 0 Å².